The zero-order valence-corrected chi connectivity index (χ0v) is 16.0. The fourth-order valence-electron chi connectivity index (χ4n) is 2.48. The number of pyridine rings is 1. The SMILES string of the molecule is N=C(Cl)c1cccnc1OCC(O)CN1CCCCC1.O=C(O)/C=C\C(=O)O. The molecule has 10 heteroatoms. The number of likely N-dealkylation sites (tertiary alicyclic amines) is 1. The zero-order chi connectivity index (χ0) is 20.9. The van der Waals surface area contributed by atoms with Crippen molar-refractivity contribution in [3.63, 3.8) is 0 Å². The summed E-state index contributed by atoms with van der Waals surface area (Å²) in [5, 5.41) is 33.0. The number of aromatic nitrogens is 1. The van der Waals surface area contributed by atoms with Gasteiger partial charge in [0, 0.05) is 24.9 Å². The van der Waals surface area contributed by atoms with Crippen LogP contribution in [0.5, 0.6) is 5.88 Å². The number of halogens is 1. The lowest BCUT2D eigenvalue weighted by atomic mass is 10.1. The second-order valence-electron chi connectivity index (χ2n) is 6.01. The van der Waals surface area contributed by atoms with Gasteiger partial charge in [0.05, 0.1) is 5.56 Å². The lowest BCUT2D eigenvalue weighted by molar-refractivity contribution is -0.134. The highest BCUT2D eigenvalue weighted by Gasteiger charge is 2.16. The number of carbonyl (C=O) groups is 2. The zero-order valence-electron chi connectivity index (χ0n) is 15.3. The van der Waals surface area contributed by atoms with Gasteiger partial charge in [-0.2, -0.15) is 0 Å². The van der Waals surface area contributed by atoms with Crippen LogP contribution in [0.4, 0.5) is 0 Å². The van der Waals surface area contributed by atoms with Crippen LogP contribution in [0.25, 0.3) is 0 Å². The van der Waals surface area contributed by atoms with E-state index in [1.807, 2.05) is 0 Å². The third-order valence-corrected chi connectivity index (χ3v) is 3.91. The van der Waals surface area contributed by atoms with Crippen molar-refractivity contribution in [2.75, 3.05) is 26.2 Å². The molecule has 1 saturated heterocycles. The molecule has 1 aromatic rings. The maximum Gasteiger partial charge on any atom is 0.328 e. The fourth-order valence-corrected chi connectivity index (χ4v) is 2.63. The summed E-state index contributed by atoms with van der Waals surface area (Å²) in [7, 11) is 0. The van der Waals surface area contributed by atoms with Crippen LogP contribution in [0.3, 0.4) is 0 Å². The molecule has 0 radical (unpaired) electrons. The molecule has 4 N–H and O–H groups in total. The molecule has 1 aliphatic heterocycles. The summed E-state index contributed by atoms with van der Waals surface area (Å²) in [4.78, 5) is 25.4. The molecule has 2 rings (SSSR count). The summed E-state index contributed by atoms with van der Waals surface area (Å²) >= 11 is 5.67. The minimum Gasteiger partial charge on any atom is -0.478 e. The number of hydrogen-bond donors (Lipinski definition) is 4. The molecule has 28 heavy (non-hydrogen) atoms. The van der Waals surface area contributed by atoms with Crippen molar-refractivity contribution >= 4 is 28.7 Å². The largest absolute Gasteiger partial charge is 0.478 e. The molecule has 154 valence electrons. The Kier molecular flexibility index (Phi) is 10.8. The molecule has 0 saturated carbocycles. The summed E-state index contributed by atoms with van der Waals surface area (Å²) in [6.45, 7) is 2.85. The average molecular weight is 414 g/mol. The van der Waals surface area contributed by atoms with E-state index in [0.717, 1.165) is 13.1 Å². The van der Waals surface area contributed by atoms with E-state index in [1.165, 1.54) is 19.3 Å². The van der Waals surface area contributed by atoms with Crippen LogP contribution in [0, 0.1) is 5.41 Å². The normalized spacial score (nSPS) is 15.4. The predicted octanol–water partition coefficient (Wildman–Crippen LogP) is 1.58. The topological polar surface area (TPSA) is 144 Å². The first-order valence-corrected chi connectivity index (χ1v) is 9.04. The van der Waals surface area contributed by atoms with E-state index >= 15 is 0 Å². The summed E-state index contributed by atoms with van der Waals surface area (Å²) in [5.41, 5.74) is 0.444. The number of aliphatic hydroxyl groups excluding tert-OH is 1. The first kappa shape index (κ1) is 23.5. The number of hydrogen-bond acceptors (Lipinski definition) is 7. The lowest BCUT2D eigenvalue weighted by Crippen LogP contribution is -2.38. The van der Waals surface area contributed by atoms with Crippen LogP contribution in [0.15, 0.2) is 30.5 Å². The van der Waals surface area contributed by atoms with Crippen molar-refractivity contribution in [3.05, 3.63) is 36.0 Å². The second kappa shape index (κ2) is 12.8. The van der Waals surface area contributed by atoms with Gasteiger partial charge in [-0.3, -0.25) is 5.41 Å². The number of β-amino-alcohol motifs (C(OH)–C–C–N with tert-alkyl or cyclic N) is 1. The molecule has 2 heterocycles. The highest BCUT2D eigenvalue weighted by Crippen LogP contribution is 2.17. The maximum atomic E-state index is 10.0. The van der Waals surface area contributed by atoms with Crippen LogP contribution < -0.4 is 4.74 Å². The van der Waals surface area contributed by atoms with Crippen LogP contribution in [0.2, 0.25) is 0 Å². The fraction of sp³-hybridized carbons (Fsp3) is 0.444. The van der Waals surface area contributed by atoms with E-state index in [9.17, 15) is 14.7 Å². The Balaban J connectivity index is 0.000000416. The molecule has 0 spiro atoms. The van der Waals surface area contributed by atoms with E-state index in [1.54, 1.807) is 18.3 Å². The lowest BCUT2D eigenvalue weighted by Gasteiger charge is -2.28. The Hall–Kier alpha value is -2.49. The number of carboxylic acid groups (broad SMARTS) is 2. The average Bonchev–Trinajstić information content (AvgIpc) is 2.66. The summed E-state index contributed by atoms with van der Waals surface area (Å²) < 4.78 is 5.49. The highest BCUT2D eigenvalue weighted by molar-refractivity contribution is 6.68. The number of ether oxygens (including phenoxy) is 1. The predicted molar refractivity (Wildman–Crippen MR) is 103 cm³/mol. The monoisotopic (exact) mass is 413 g/mol. The van der Waals surface area contributed by atoms with Crippen LogP contribution in [-0.4, -0.2) is 74.7 Å². The van der Waals surface area contributed by atoms with E-state index in [2.05, 4.69) is 9.88 Å². The molecular formula is C18H24ClN3O6. The smallest absolute Gasteiger partial charge is 0.328 e. The Bertz CT molecular complexity index is 676. The van der Waals surface area contributed by atoms with Gasteiger partial charge in [0.15, 0.2) is 0 Å². The molecule has 0 aliphatic carbocycles. The van der Waals surface area contributed by atoms with Crippen LogP contribution in [-0.2, 0) is 9.59 Å². The number of aliphatic carboxylic acids is 2. The Morgan fingerprint density at radius 1 is 1.25 bits per heavy atom. The summed E-state index contributed by atoms with van der Waals surface area (Å²) in [6.07, 6.45) is 5.80. The van der Waals surface area contributed by atoms with E-state index < -0.39 is 18.0 Å². The number of aliphatic hydroxyl groups is 1. The first-order valence-electron chi connectivity index (χ1n) is 8.66. The number of nitrogens with zero attached hydrogens (tertiary/aromatic N) is 2. The van der Waals surface area contributed by atoms with Gasteiger partial charge in [-0.1, -0.05) is 18.0 Å². The summed E-state index contributed by atoms with van der Waals surface area (Å²) in [6, 6.07) is 3.37. The van der Waals surface area contributed by atoms with E-state index in [4.69, 9.17) is 32.0 Å². The van der Waals surface area contributed by atoms with Crippen molar-refractivity contribution in [3.8, 4) is 5.88 Å². The molecular weight excluding hydrogens is 390 g/mol. The quantitative estimate of drug-likeness (QED) is 0.371. The number of piperidine rings is 1. The molecule has 1 fully saturated rings. The van der Waals surface area contributed by atoms with E-state index in [0.29, 0.717) is 30.1 Å². The first-order chi connectivity index (χ1) is 13.3. The third kappa shape index (κ3) is 10.0. The van der Waals surface area contributed by atoms with Gasteiger partial charge in [0.1, 0.15) is 17.9 Å². The van der Waals surface area contributed by atoms with E-state index in [-0.39, 0.29) is 11.8 Å². The molecule has 1 aromatic heterocycles. The molecule has 1 atom stereocenters. The van der Waals surface area contributed by atoms with Gasteiger partial charge in [-0.05, 0) is 38.1 Å². The molecule has 1 aliphatic rings. The van der Waals surface area contributed by atoms with Gasteiger partial charge in [0.25, 0.3) is 0 Å². The molecule has 0 amide bonds. The Morgan fingerprint density at radius 3 is 2.39 bits per heavy atom. The second-order valence-corrected chi connectivity index (χ2v) is 6.38. The molecule has 1 unspecified atom stereocenters. The van der Waals surface area contributed by atoms with Crippen molar-refractivity contribution < 1.29 is 29.6 Å². The van der Waals surface area contributed by atoms with Gasteiger partial charge in [0.2, 0.25) is 5.88 Å². The van der Waals surface area contributed by atoms with Crippen molar-refractivity contribution in [2.45, 2.75) is 25.4 Å². The van der Waals surface area contributed by atoms with Crippen molar-refractivity contribution in [1.82, 2.24) is 9.88 Å². The third-order valence-electron chi connectivity index (χ3n) is 3.71. The van der Waals surface area contributed by atoms with Crippen molar-refractivity contribution in [1.29, 1.82) is 5.41 Å². The molecule has 0 aromatic carbocycles. The maximum absolute atomic E-state index is 10.0. The minimum absolute atomic E-state index is 0.112. The van der Waals surface area contributed by atoms with Gasteiger partial charge >= 0.3 is 11.9 Å². The van der Waals surface area contributed by atoms with Crippen molar-refractivity contribution in [2.24, 2.45) is 0 Å². The number of carboxylic acids is 2. The Labute approximate surface area is 167 Å². The Morgan fingerprint density at radius 2 is 1.86 bits per heavy atom. The summed E-state index contributed by atoms with van der Waals surface area (Å²) in [5.74, 6) is -2.22. The van der Waals surface area contributed by atoms with Crippen LogP contribution >= 0.6 is 11.6 Å². The van der Waals surface area contributed by atoms with Crippen LogP contribution in [0.1, 0.15) is 24.8 Å². The highest BCUT2D eigenvalue weighted by atomic mass is 35.5. The number of rotatable bonds is 8. The van der Waals surface area contributed by atoms with Gasteiger partial charge in [-0.15, -0.1) is 0 Å². The van der Waals surface area contributed by atoms with Gasteiger partial charge < -0.3 is 25.0 Å². The molecule has 0 bridgehead atoms. The molecule has 9 nitrogen and oxygen atoms in total. The van der Waals surface area contributed by atoms with Gasteiger partial charge in [-0.25, -0.2) is 14.6 Å². The standard InChI is InChI=1S/C14H20ClN3O2.C4H4O4/c15-13(16)12-5-4-6-17-14(12)20-10-11(19)9-18-7-2-1-3-8-18;5-3(6)1-2-4(7)8/h4-6,11,16,19H,1-3,7-10H2;1-2H,(H,5,6)(H,7,8)/b;2-1-. The minimum atomic E-state index is -1.26. The number of nitrogens with one attached hydrogen (secondary N) is 1.